The molecule has 0 bridgehead atoms. The number of ether oxygens (including phenoxy) is 1. The number of sulfonamides is 1. The number of benzene rings is 1. The van der Waals surface area contributed by atoms with Crippen LogP contribution < -0.4 is 9.80 Å². The first-order chi connectivity index (χ1) is 14.0. The normalized spacial score (nSPS) is 18.8. The minimum atomic E-state index is -3.37. The Morgan fingerprint density at radius 1 is 0.828 bits per heavy atom. The number of anilines is 2. The number of halogens is 1. The molecule has 0 amide bonds. The lowest BCUT2D eigenvalue weighted by molar-refractivity contribution is 0.122. The van der Waals surface area contributed by atoms with E-state index in [1.165, 1.54) is 0 Å². The number of nitrogens with zero attached hydrogens (tertiary/aromatic N) is 5. The summed E-state index contributed by atoms with van der Waals surface area (Å²) in [6.07, 6.45) is 0. The van der Waals surface area contributed by atoms with Crippen molar-refractivity contribution in [2.75, 3.05) is 62.3 Å². The minimum absolute atomic E-state index is 0.0157. The zero-order chi connectivity index (χ0) is 20.3. The lowest BCUT2D eigenvalue weighted by Gasteiger charge is -2.34. The largest absolute Gasteiger partial charge is 0.378 e. The highest BCUT2D eigenvalue weighted by Crippen LogP contribution is 2.20. The van der Waals surface area contributed by atoms with Crippen LogP contribution in [-0.4, -0.2) is 75.4 Å². The number of piperazine rings is 1. The smallest absolute Gasteiger partial charge is 0.218 e. The van der Waals surface area contributed by atoms with Crippen molar-refractivity contribution in [1.82, 2.24) is 14.5 Å². The van der Waals surface area contributed by atoms with E-state index in [0.717, 1.165) is 30.3 Å². The van der Waals surface area contributed by atoms with E-state index < -0.39 is 10.0 Å². The van der Waals surface area contributed by atoms with Gasteiger partial charge in [0.25, 0.3) is 0 Å². The fraction of sp³-hybridized carbons (Fsp3) is 0.474. The topological polar surface area (TPSA) is 78.9 Å². The van der Waals surface area contributed by atoms with E-state index in [1.54, 1.807) is 28.6 Å². The van der Waals surface area contributed by atoms with Crippen molar-refractivity contribution in [3.05, 3.63) is 47.0 Å². The summed E-state index contributed by atoms with van der Waals surface area (Å²) in [7, 11) is -3.37. The summed E-state index contributed by atoms with van der Waals surface area (Å²) in [5, 5.41) is 9.30. The molecule has 10 heteroatoms. The maximum Gasteiger partial charge on any atom is 0.218 e. The third-order valence-corrected chi connectivity index (χ3v) is 7.29. The molecule has 0 aliphatic carbocycles. The van der Waals surface area contributed by atoms with Gasteiger partial charge in [0.1, 0.15) is 0 Å². The Kier molecular flexibility index (Phi) is 6.19. The van der Waals surface area contributed by atoms with E-state index in [2.05, 4.69) is 20.0 Å². The van der Waals surface area contributed by atoms with Gasteiger partial charge in [-0.25, -0.2) is 8.42 Å². The van der Waals surface area contributed by atoms with Crippen molar-refractivity contribution in [2.24, 2.45) is 0 Å². The van der Waals surface area contributed by atoms with E-state index in [-0.39, 0.29) is 5.75 Å². The number of hydrogen-bond acceptors (Lipinski definition) is 7. The second-order valence-electron chi connectivity index (χ2n) is 7.12. The zero-order valence-electron chi connectivity index (χ0n) is 16.1. The number of rotatable bonds is 5. The highest BCUT2D eigenvalue weighted by molar-refractivity contribution is 7.88. The van der Waals surface area contributed by atoms with Gasteiger partial charge in [-0.3, -0.25) is 0 Å². The van der Waals surface area contributed by atoms with Crippen LogP contribution >= 0.6 is 11.6 Å². The number of hydrogen-bond donors (Lipinski definition) is 0. The second-order valence-corrected chi connectivity index (χ2v) is 9.52. The van der Waals surface area contributed by atoms with E-state index in [9.17, 15) is 8.42 Å². The lowest BCUT2D eigenvalue weighted by Crippen LogP contribution is -2.49. The third kappa shape index (κ3) is 4.98. The summed E-state index contributed by atoms with van der Waals surface area (Å²) in [5.41, 5.74) is 0.737. The molecule has 2 saturated heterocycles. The highest BCUT2D eigenvalue weighted by atomic mass is 35.5. The molecule has 0 atom stereocenters. The fourth-order valence-electron chi connectivity index (χ4n) is 3.53. The predicted molar refractivity (Wildman–Crippen MR) is 113 cm³/mol. The van der Waals surface area contributed by atoms with Crippen LogP contribution in [0.3, 0.4) is 0 Å². The molecule has 1 aromatic carbocycles. The molecule has 4 rings (SSSR count). The van der Waals surface area contributed by atoms with Crippen molar-refractivity contribution in [3.8, 4) is 0 Å². The molecule has 2 aliphatic heterocycles. The number of aromatic nitrogens is 2. The van der Waals surface area contributed by atoms with Gasteiger partial charge >= 0.3 is 0 Å². The van der Waals surface area contributed by atoms with E-state index in [1.807, 2.05) is 12.1 Å². The molecule has 2 aromatic rings. The second kappa shape index (κ2) is 8.83. The Morgan fingerprint density at radius 3 is 1.93 bits per heavy atom. The molecule has 0 radical (unpaired) electrons. The summed E-state index contributed by atoms with van der Waals surface area (Å²) < 4.78 is 32.4. The van der Waals surface area contributed by atoms with Crippen LogP contribution in [0.5, 0.6) is 0 Å². The quantitative estimate of drug-likeness (QED) is 0.703. The molecule has 8 nitrogen and oxygen atoms in total. The first kappa shape index (κ1) is 20.3. The molecule has 29 heavy (non-hydrogen) atoms. The van der Waals surface area contributed by atoms with Gasteiger partial charge in [-0.2, -0.15) is 4.31 Å². The van der Waals surface area contributed by atoms with Gasteiger partial charge in [0.15, 0.2) is 11.6 Å². The summed E-state index contributed by atoms with van der Waals surface area (Å²) in [4.78, 5) is 4.23. The van der Waals surface area contributed by atoms with Gasteiger partial charge < -0.3 is 14.5 Å². The zero-order valence-corrected chi connectivity index (χ0v) is 17.6. The van der Waals surface area contributed by atoms with Gasteiger partial charge in [0, 0.05) is 44.3 Å². The Morgan fingerprint density at radius 2 is 1.38 bits per heavy atom. The molecule has 1 aromatic heterocycles. The predicted octanol–water partition coefficient (Wildman–Crippen LogP) is 1.62. The first-order valence-corrected chi connectivity index (χ1v) is 11.6. The van der Waals surface area contributed by atoms with Gasteiger partial charge in [0.05, 0.1) is 19.0 Å². The molecular formula is C19H24ClN5O3S. The van der Waals surface area contributed by atoms with Crippen LogP contribution in [0.4, 0.5) is 11.6 Å². The minimum Gasteiger partial charge on any atom is -0.378 e. The van der Waals surface area contributed by atoms with Crippen LogP contribution in [0, 0.1) is 0 Å². The van der Waals surface area contributed by atoms with E-state index >= 15 is 0 Å². The summed E-state index contributed by atoms with van der Waals surface area (Å²) in [6, 6.07) is 10.9. The molecule has 0 spiro atoms. The lowest BCUT2D eigenvalue weighted by atomic mass is 10.2. The van der Waals surface area contributed by atoms with Gasteiger partial charge in [-0.05, 0) is 29.8 Å². The molecule has 0 saturated carbocycles. The summed E-state index contributed by atoms with van der Waals surface area (Å²) in [5.74, 6) is 1.61. The average molecular weight is 438 g/mol. The Hall–Kier alpha value is -1.94. The molecule has 0 unspecified atom stereocenters. The molecule has 2 fully saturated rings. The van der Waals surface area contributed by atoms with Crippen molar-refractivity contribution in [1.29, 1.82) is 0 Å². The Bertz CT molecular complexity index is 910. The maximum absolute atomic E-state index is 12.7. The van der Waals surface area contributed by atoms with Crippen molar-refractivity contribution < 1.29 is 13.2 Å². The first-order valence-electron chi connectivity index (χ1n) is 9.65. The molecule has 0 N–H and O–H groups in total. The monoisotopic (exact) mass is 437 g/mol. The molecule has 2 aliphatic rings. The SMILES string of the molecule is O=S(=O)(Cc1ccc(Cl)cc1)N1CCN(c2ccc(N3CCOCC3)nn2)CC1. The highest BCUT2D eigenvalue weighted by Gasteiger charge is 2.28. The molecular weight excluding hydrogens is 414 g/mol. The number of morpholine rings is 1. The standard InChI is InChI=1S/C19H24ClN5O3S/c20-17-3-1-16(2-4-17)15-29(26,27)25-9-7-23(8-10-25)18-5-6-19(22-21-18)24-11-13-28-14-12-24/h1-6H,7-15H2. The Balaban J connectivity index is 1.34. The van der Waals surface area contributed by atoms with Crippen LogP contribution in [-0.2, 0) is 20.5 Å². The third-order valence-electron chi connectivity index (χ3n) is 5.19. The Labute approximate surface area is 176 Å². The van der Waals surface area contributed by atoms with Crippen molar-refractivity contribution in [2.45, 2.75) is 5.75 Å². The van der Waals surface area contributed by atoms with E-state index in [0.29, 0.717) is 44.4 Å². The maximum atomic E-state index is 12.7. The molecule has 3 heterocycles. The van der Waals surface area contributed by atoms with E-state index in [4.69, 9.17) is 16.3 Å². The van der Waals surface area contributed by atoms with Gasteiger partial charge in [0.2, 0.25) is 10.0 Å². The van der Waals surface area contributed by atoms with Crippen LogP contribution in [0.15, 0.2) is 36.4 Å². The van der Waals surface area contributed by atoms with Crippen molar-refractivity contribution in [3.63, 3.8) is 0 Å². The van der Waals surface area contributed by atoms with Gasteiger partial charge in [-0.1, -0.05) is 23.7 Å². The van der Waals surface area contributed by atoms with Crippen LogP contribution in [0.25, 0.3) is 0 Å². The van der Waals surface area contributed by atoms with Crippen molar-refractivity contribution >= 4 is 33.3 Å². The summed E-state index contributed by atoms with van der Waals surface area (Å²) >= 11 is 5.88. The fourth-order valence-corrected chi connectivity index (χ4v) is 5.17. The van der Waals surface area contributed by atoms with Gasteiger partial charge in [-0.15, -0.1) is 10.2 Å². The summed E-state index contributed by atoms with van der Waals surface area (Å²) in [6.45, 7) is 5.09. The molecule has 156 valence electrons. The average Bonchev–Trinajstić information content (AvgIpc) is 2.76. The van der Waals surface area contributed by atoms with Crippen LogP contribution in [0.1, 0.15) is 5.56 Å². The van der Waals surface area contributed by atoms with Crippen LogP contribution in [0.2, 0.25) is 5.02 Å².